The molecule has 0 aromatic carbocycles. The molecule has 0 spiro atoms. The lowest BCUT2D eigenvalue weighted by atomic mass is 10.6. The Balaban J connectivity index is 2.90. The third kappa shape index (κ3) is 3.04. The average Bonchev–Trinajstić information content (AvgIpc) is 2.08. The highest BCUT2D eigenvalue weighted by molar-refractivity contribution is 7.99. The van der Waals surface area contributed by atoms with E-state index in [0.29, 0.717) is 16.2 Å². The van der Waals surface area contributed by atoms with Crippen LogP contribution in [0.5, 0.6) is 0 Å². The van der Waals surface area contributed by atoms with Gasteiger partial charge in [0.15, 0.2) is 0 Å². The maximum Gasteiger partial charge on any atom is 0.223 e. The number of aromatic nitrogens is 2. The first kappa shape index (κ1) is 10.6. The minimum absolute atomic E-state index is 0.470. The molecule has 0 aliphatic carbocycles. The minimum Gasteiger partial charge on any atom is -0.357 e. The van der Waals surface area contributed by atoms with E-state index in [2.05, 4.69) is 29.1 Å². The number of hydrogen-bond acceptors (Lipinski definition) is 4. The third-order valence-electron chi connectivity index (χ3n) is 1.28. The van der Waals surface area contributed by atoms with Gasteiger partial charge in [-0.1, -0.05) is 25.4 Å². The van der Waals surface area contributed by atoms with E-state index in [1.54, 1.807) is 25.0 Å². The van der Waals surface area contributed by atoms with Crippen molar-refractivity contribution in [2.45, 2.75) is 24.1 Å². The summed E-state index contributed by atoms with van der Waals surface area (Å²) in [7, 11) is 1.78. The Morgan fingerprint density at radius 2 is 2.23 bits per heavy atom. The highest BCUT2D eigenvalue weighted by atomic mass is 35.5. The van der Waals surface area contributed by atoms with E-state index < -0.39 is 0 Å². The van der Waals surface area contributed by atoms with Gasteiger partial charge in [0.05, 0.1) is 11.2 Å². The van der Waals surface area contributed by atoms with E-state index >= 15 is 0 Å². The van der Waals surface area contributed by atoms with Crippen molar-refractivity contribution in [3.8, 4) is 0 Å². The molecule has 1 N–H and O–H groups in total. The molecule has 0 saturated heterocycles. The Hall–Kier alpha value is -0.480. The molecule has 1 aromatic rings. The predicted molar refractivity (Wildman–Crippen MR) is 57.6 cm³/mol. The van der Waals surface area contributed by atoms with Gasteiger partial charge < -0.3 is 5.32 Å². The van der Waals surface area contributed by atoms with Gasteiger partial charge in [-0.05, 0) is 0 Å². The molecule has 0 unspecified atom stereocenters. The molecule has 1 heterocycles. The van der Waals surface area contributed by atoms with Crippen LogP contribution in [0, 0.1) is 0 Å². The summed E-state index contributed by atoms with van der Waals surface area (Å²) >= 11 is 7.56. The summed E-state index contributed by atoms with van der Waals surface area (Å²) in [5.41, 5.74) is 0. The summed E-state index contributed by atoms with van der Waals surface area (Å²) in [5, 5.41) is 4.78. The van der Waals surface area contributed by atoms with Gasteiger partial charge in [0.1, 0.15) is 5.03 Å². The fourth-order valence-electron chi connectivity index (χ4n) is 0.778. The van der Waals surface area contributed by atoms with Crippen molar-refractivity contribution in [2.75, 3.05) is 12.4 Å². The zero-order chi connectivity index (χ0) is 9.84. The van der Waals surface area contributed by atoms with Crippen LogP contribution in [-0.4, -0.2) is 22.3 Å². The maximum absolute atomic E-state index is 5.92. The lowest BCUT2D eigenvalue weighted by Crippen LogP contribution is -1.98. The van der Waals surface area contributed by atoms with E-state index in [-0.39, 0.29) is 0 Å². The number of thioether (sulfide) groups is 1. The molecule has 72 valence electrons. The molecular weight excluding hydrogens is 206 g/mol. The topological polar surface area (TPSA) is 37.8 Å². The first-order valence-corrected chi connectivity index (χ1v) is 5.26. The molecule has 0 bridgehead atoms. The molecule has 0 radical (unpaired) electrons. The molecular formula is C8H12ClN3S. The molecule has 1 rings (SSSR count). The van der Waals surface area contributed by atoms with Crippen LogP contribution < -0.4 is 5.32 Å². The first-order chi connectivity index (χ1) is 6.13. The van der Waals surface area contributed by atoms with Crippen molar-refractivity contribution in [1.29, 1.82) is 0 Å². The second-order valence-electron chi connectivity index (χ2n) is 2.76. The van der Waals surface area contributed by atoms with Crippen LogP contribution >= 0.6 is 23.4 Å². The predicted octanol–water partition coefficient (Wildman–Crippen LogP) is 2.67. The first-order valence-electron chi connectivity index (χ1n) is 4.00. The summed E-state index contributed by atoms with van der Waals surface area (Å²) in [6, 6.07) is 0. The highest BCUT2D eigenvalue weighted by Crippen LogP contribution is 2.28. The molecule has 0 aliphatic rings. The van der Waals surface area contributed by atoms with E-state index in [1.165, 1.54) is 0 Å². The summed E-state index contributed by atoms with van der Waals surface area (Å²) in [6.45, 7) is 4.20. The van der Waals surface area contributed by atoms with Gasteiger partial charge in [-0.2, -0.15) is 0 Å². The Morgan fingerprint density at radius 1 is 1.54 bits per heavy atom. The molecule has 0 amide bonds. The van der Waals surface area contributed by atoms with E-state index in [4.69, 9.17) is 11.6 Å². The van der Waals surface area contributed by atoms with E-state index in [0.717, 1.165) is 5.03 Å². The Kier molecular flexibility index (Phi) is 3.81. The Morgan fingerprint density at radius 3 is 2.77 bits per heavy atom. The average molecular weight is 218 g/mol. The third-order valence-corrected chi connectivity index (χ3v) is 2.68. The maximum atomic E-state index is 5.92. The summed E-state index contributed by atoms with van der Waals surface area (Å²) in [4.78, 5) is 8.24. The number of anilines is 1. The van der Waals surface area contributed by atoms with Crippen molar-refractivity contribution < 1.29 is 0 Å². The molecule has 0 aliphatic heterocycles. The van der Waals surface area contributed by atoms with Crippen LogP contribution in [-0.2, 0) is 0 Å². The fourth-order valence-corrected chi connectivity index (χ4v) is 1.75. The number of nitrogens with zero attached hydrogens (tertiary/aromatic N) is 2. The molecule has 3 nitrogen and oxygen atoms in total. The van der Waals surface area contributed by atoms with Gasteiger partial charge >= 0.3 is 0 Å². The minimum atomic E-state index is 0.470. The number of rotatable bonds is 3. The van der Waals surface area contributed by atoms with Gasteiger partial charge in [-0.25, -0.2) is 9.97 Å². The molecule has 0 saturated carbocycles. The van der Waals surface area contributed by atoms with E-state index in [9.17, 15) is 0 Å². The monoisotopic (exact) mass is 217 g/mol. The number of halogens is 1. The van der Waals surface area contributed by atoms with Gasteiger partial charge in [0.25, 0.3) is 0 Å². The SMILES string of the molecule is CNc1ncc(Cl)c(SC(C)C)n1. The summed E-state index contributed by atoms with van der Waals surface area (Å²) < 4.78 is 0. The fraction of sp³-hybridized carbons (Fsp3) is 0.500. The molecule has 0 fully saturated rings. The highest BCUT2D eigenvalue weighted by Gasteiger charge is 2.06. The van der Waals surface area contributed by atoms with Crippen molar-refractivity contribution >= 4 is 29.3 Å². The zero-order valence-corrected chi connectivity index (χ0v) is 9.41. The van der Waals surface area contributed by atoms with Crippen molar-refractivity contribution in [2.24, 2.45) is 0 Å². The molecule has 13 heavy (non-hydrogen) atoms. The van der Waals surface area contributed by atoms with Crippen LogP contribution in [0.25, 0.3) is 0 Å². The van der Waals surface area contributed by atoms with Gasteiger partial charge in [-0.15, -0.1) is 11.8 Å². The Labute approximate surface area is 87.3 Å². The zero-order valence-electron chi connectivity index (χ0n) is 7.84. The van der Waals surface area contributed by atoms with Crippen LogP contribution in [0.3, 0.4) is 0 Å². The molecule has 0 atom stereocenters. The van der Waals surface area contributed by atoms with Gasteiger partial charge in [0, 0.05) is 12.3 Å². The summed E-state index contributed by atoms with van der Waals surface area (Å²) in [5.74, 6) is 0.604. The van der Waals surface area contributed by atoms with Crippen molar-refractivity contribution in [1.82, 2.24) is 9.97 Å². The van der Waals surface area contributed by atoms with Gasteiger partial charge in [0.2, 0.25) is 5.95 Å². The van der Waals surface area contributed by atoms with Gasteiger partial charge in [-0.3, -0.25) is 0 Å². The van der Waals surface area contributed by atoms with Crippen LogP contribution in [0.1, 0.15) is 13.8 Å². The Bertz CT molecular complexity index is 291. The molecule has 5 heteroatoms. The standard InChI is InChI=1S/C8H12ClN3S/c1-5(2)13-7-6(9)4-11-8(10-3)12-7/h4-5H,1-3H3,(H,10,11,12). The lowest BCUT2D eigenvalue weighted by molar-refractivity contribution is 1.03. The lowest BCUT2D eigenvalue weighted by Gasteiger charge is -2.06. The van der Waals surface area contributed by atoms with Crippen molar-refractivity contribution in [3.63, 3.8) is 0 Å². The summed E-state index contributed by atoms with van der Waals surface area (Å²) in [6.07, 6.45) is 1.62. The number of hydrogen-bond donors (Lipinski definition) is 1. The molecule has 1 aromatic heterocycles. The van der Waals surface area contributed by atoms with Crippen LogP contribution in [0.4, 0.5) is 5.95 Å². The van der Waals surface area contributed by atoms with Crippen LogP contribution in [0.15, 0.2) is 11.2 Å². The van der Waals surface area contributed by atoms with Crippen molar-refractivity contribution in [3.05, 3.63) is 11.2 Å². The van der Waals surface area contributed by atoms with E-state index in [1.807, 2.05) is 0 Å². The quantitative estimate of drug-likeness (QED) is 0.624. The largest absolute Gasteiger partial charge is 0.357 e. The van der Waals surface area contributed by atoms with Crippen LogP contribution in [0.2, 0.25) is 5.02 Å². The second-order valence-corrected chi connectivity index (χ2v) is 4.74. The number of nitrogens with one attached hydrogen (secondary N) is 1. The smallest absolute Gasteiger partial charge is 0.223 e. The second kappa shape index (κ2) is 4.67. The normalized spacial score (nSPS) is 10.5.